The highest BCUT2D eigenvalue weighted by Crippen LogP contribution is 2.32. The number of nitrogens with zero attached hydrogens (tertiary/aromatic N) is 2. The number of rotatable bonds is 4. The van der Waals surface area contributed by atoms with Crippen LogP contribution in [-0.2, 0) is 9.84 Å². The van der Waals surface area contributed by atoms with E-state index in [4.69, 9.17) is 0 Å². The summed E-state index contributed by atoms with van der Waals surface area (Å²) in [6.45, 7) is 1.93. The zero-order chi connectivity index (χ0) is 18.9. The molecule has 0 bridgehead atoms. The second-order valence-corrected chi connectivity index (χ2v) is 8.15. The largest absolute Gasteiger partial charge is 0.298 e. The van der Waals surface area contributed by atoms with E-state index >= 15 is 0 Å². The number of sulfone groups is 1. The van der Waals surface area contributed by atoms with E-state index in [-0.39, 0.29) is 9.92 Å². The van der Waals surface area contributed by atoms with Gasteiger partial charge in [-0.25, -0.2) is 13.4 Å². The highest BCUT2D eigenvalue weighted by molar-refractivity contribution is 7.91. The van der Waals surface area contributed by atoms with Gasteiger partial charge in [-0.1, -0.05) is 66.2 Å². The number of para-hydroxylation sites is 1. The Morgan fingerprint density at radius 1 is 0.778 bits per heavy atom. The number of aryl methyl sites for hydroxylation is 1. The molecule has 0 fully saturated rings. The fourth-order valence-corrected chi connectivity index (χ4v) is 4.38. The molecule has 0 unspecified atom stereocenters. The monoisotopic (exact) mass is 374 g/mol. The van der Waals surface area contributed by atoms with E-state index < -0.39 is 9.84 Å². The number of benzene rings is 3. The van der Waals surface area contributed by atoms with Crippen LogP contribution in [-0.4, -0.2) is 18.0 Å². The van der Waals surface area contributed by atoms with E-state index in [9.17, 15) is 8.42 Å². The molecule has 4 rings (SSSR count). The predicted octanol–water partition coefficient (Wildman–Crippen LogP) is 4.68. The Morgan fingerprint density at radius 3 is 2.00 bits per heavy atom. The third-order valence-electron chi connectivity index (χ3n) is 4.40. The van der Waals surface area contributed by atoms with Crippen molar-refractivity contribution < 1.29 is 8.42 Å². The average Bonchev–Trinajstić information content (AvgIpc) is 3.16. The van der Waals surface area contributed by atoms with Crippen molar-refractivity contribution >= 4 is 9.84 Å². The van der Waals surface area contributed by atoms with Gasteiger partial charge in [0.25, 0.3) is 0 Å². The topological polar surface area (TPSA) is 52.0 Å². The van der Waals surface area contributed by atoms with Crippen LogP contribution < -0.4 is 0 Å². The number of aromatic nitrogens is 2. The SMILES string of the molecule is Cc1ccc(S(=O)(=O)c2ncn(-c3ccccc3)c2-c2ccccc2)cc1. The van der Waals surface area contributed by atoms with Gasteiger partial charge in [-0.15, -0.1) is 0 Å². The normalized spacial score (nSPS) is 11.4. The molecule has 0 aliphatic rings. The molecule has 0 radical (unpaired) electrons. The first-order valence-electron chi connectivity index (χ1n) is 8.57. The van der Waals surface area contributed by atoms with Crippen molar-refractivity contribution in [3.63, 3.8) is 0 Å². The summed E-state index contributed by atoms with van der Waals surface area (Å²) in [6.07, 6.45) is 1.57. The van der Waals surface area contributed by atoms with E-state index in [1.54, 1.807) is 30.6 Å². The first-order chi connectivity index (χ1) is 13.1. The molecule has 0 aliphatic carbocycles. The van der Waals surface area contributed by atoms with Crippen LogP contribution in [0.1, 0.15) is 5.56 Å². The Morgan fingerprint density at radius 2 is 1.37 bits per heavy atom. The number of hydrogen-bond donors (Lipinski definition) is 0. The standard InChI is InChI=1S/C22H18N2O2S/c1-17-12-14-20(15-13-17)27(25,26)22-21(18-8-4-2-5-9-18)24(16-23-22)19-10-6-3-7-11-19/h2-16H,1H3. The quantitative estimate of drug-likeness (QED) is 0.521. The van der Waals surface area contributed by atoms with E-state index in [1.807, 2.05) is 72.2 Å². The average molecular weight is 374 g/mol. The van der Waals surface area contributed by atoms with Gasteiger partial charge in [0.05, 0.1) is 10.6 Å². The zero-order valence-corrected chi connectivity index (χ0v) is 15.6. The van der Waals surface area contributed by atoms with Crippen LogP contribution in [0.2, 0.25) is 0 Å². The third kappa shape index (κ3) is 3.17. The van der Waals surface area contributed by atoms with Gasteiger partial charge in [0.15, 0.2) is 5.03 Å². The van der Waals surface area contributed by atoms with Crippen molar-refractivity contribution in [1.82, 2.24) is 9.55 Å². The minimum absolute atomic E-state index is 0.0569. The molecule has 0 N–H and O–H groups in total. The van der Waals surface area contributed by atoms with E-state index in [0.29, 0.717) is 5.69 Å². The van der Waals surface area contributed by atoms with Gasteiger partial charge in [0.2, 0.25) is 9.84 Å². The number of hydrogen-bond acceptors (Lipinski definition) is 3. The predicted molar refractivity (Wildman–Crippen MR) is 106 cm³/mol. The fraction of sp³-hybridized carbons (Fsp3) is 0.0455. The highest BCUT2D eigenvalue weighted by Gasteiger charge is 2.27. The summed E-state index contributed by atoms with van der Waals surface area (Å²) in [5.41, 5.74) is 3.22. The van der Waals surface area contributed by atoms with Crippen LogP contribution in [0.4, 0.5) is 0 Å². The van der Waals surface area contributed by atoms with Crippen molar-refractivity contribution in [2.24, 2.45) is 0 Å². The van der Waals surface area contributed by atoms with Gasteiger partial charge in [0.1, 0.15) is 6.33 Å². The lowest BCUT2D eigenvalue weighted by Crippen LogP contribution is -2.06. The Kier molecular flexibility index (Phi) is 4.38. The molecule has 0 spiro atoms. The van der Waals surface area contributed by atoms with Gasteiger partial charge in [-0.3, -0.25) is 4.57 Å². The molecule has 0 saturated carbocycles. The molecule has 0 saturated heterocycles. The summed E-state index contributed by atoms with van der Waals surface area (Å²) in [5.74, 6) is 0. The first-order valence-corrected chi connectivity index (χ1v) is 10.1. The molecule has 134 valence electrons. The summed E-state index contributed by atoms with van der Waals surface area (Å²) in [5, 5.41) is 0.0569. The molecule has 27 heavy (non-hydrogen) atoms. The first kappa shape index (κ1) is 17.2. The Balaban J connectivity index is 1.97. The van der Waals surface area contributed by atoms with Gasteiger partial charge in [0, 0.05) is 11.3 Å². The van der Waals surface area contributed by atoms with E-state index in [2.05, 4.69) is 4.98 Å². The van der Waals surface area contributed by atoms with Crippen LogP contribution in [0, 0.1) is 6.92 Å². The van der Waals surface area contributed by atoms with Crippen LogP contribution in [0.25, 0.3) is 16.9 Å². The maximum Gasteiger partial charge on any atom is 0.226 e. The smallest absolute Gasteiger partial charge is 0.226 e. The lowest BCUT2D eigenvalue weighted by Gasteiger charge is -2.11. The molecule has 0 atom stereocenters. The Hall–Kier alpha value is -3.18. The lowest BCUT2D eigenvalue weighted by atomic mass is 10.1. The van der Waals surface area contributed by atoms with Gasteiger partial charge in [-0.05, 0) is 31.2 Å². The molecular formula is C22H18N2O2S. The van der Waals surface area contributed by atoms with E-state index in [0.717, 1.165) is 16.8 Å². The molecule has 4 nitrogen and oxygen atoms in total. The Labute approximate surface area is 158 Å². The minimum Gasteiger partial charge on any atom is -0.298 e. The second-order valence-electron chi connectivity index (χ2n) is 6.29. The molecule has 4 aromatic rings. The molecule has 0 aliphatic heterocycles. The maximum atomic E-state index is 13.3. The van der Waals surface area contributed by atoms with Crippen molar-refractivity contribution in [1.29, 1.82) is 0 Å². The van der Waals surface area contributed by atoms with Crippen LogP contribution in [0.3, 0.4) is 0 Å². The van der Waals surface area contributed by atoms with Gasteiger partial charge < -0.3 is 0 Å². The summed E-state index contributed by atoms with van der Waals surface area (Å²) < 4.78 is 28.4. The van der Waals surface area contributed by atoms with Gasteiger partial charge in [-0.2, -0.15) is 0 Å². The maximum absolute atomic E-state index is 13.3. The minimum atomic E-state index is -3.75. The second kappa shape index (κ2) is 6.85. The molecule has 5 heteroatoms. The van der Waals surface area contributed by atoms with Crippen LogP contribution >= 0.6 is 0 Å². The zero-order valence-electron chi connectivity index (χ0n) is 14.8. The van der Waals surface area contributed by atoms with Crippen molar-refractivity contribution in [2.75, 3.05) is 0 Å². The number of imidazole rings is 1. The van der Waals surface area contributed by atoms with E-state index in [1.165, 1.54) is 0 Å². The van der Waals surface area contributed by atoms with Gasteiger partial charge >= 0.3 is 0 Å². The van der Waals surface area contributed by atoms with Crippen LogP contribution in [0.15, 0.2) is 101 Å². The molecule has 3 aromatic carbocycles. The highest BCUT2D eigenvalue weighted by atomic mass is 32.2. The molecule has 1 heterocycles. The molecular weight excluding hydrogens is 356 g/mol. The third-order valence-corrected chi connectivity index (χ3v) is 6.10. The van der Waals surface area contributed by atoms with Crippen LogP contribution in [0.5, 0.6) is 0 Å². The summed E-state index contributed by atoms with van der Waals surface area (Å²) >= 11 is 0. The molecule has 1 aromatic heterocycles. The Bertz CT molecular complexity index is 1160. The summed E-state index contributed by atoms with van der Waals surface area (Å²) in [7, 11) is -3.75. The van der Waals surface area contributed by atoms with Crippen molar-refractivity contribution in [2.45, 2.75) is 16.8 Å². The summed E-state index contributed by atoms with van der Waals surface area (Å²) in [4.78, 5) is 4.55. The lowest BCUT2D eigenvalue weighted by molar-refractivity contribution is 0.593. The summed E-state index contributed by atoms with van der Waals surface area (Å²) in [6, 6.07) is 25.9. The van der Waals surface area contributed by atoms with Crippen molar-refractivity contribution in [3.05, 3.63) is 96.8 Å². The fourth-order valence-electron chi connectivity index (χ4n) is 3.00. The molecule has 0 amide bonds. The van der Waals surface area contributed by atoms with Crippen molar-refractivity contribution in [3.8, 4) is 16.9 Å².